The molecule has 2 aromatic carbocycles. The minimum atomic E-state index is -5.94. The number of anilines is 2. The maximum absolute atomic E-state index is 15.0. The van der Waals surface area contributed by atoms with E-state index in [-0.39, 0.29) is 17.3 Å². The fourth-order valence-electron chi connectivity index (χ4n) is 5.65. The zero-order valence-corrected chi connectivity index (χ0v) is 27.2. The molecule has 1 aliphatic carbocycles. The molecule has 0 heterocycles. The maximum Gasteiger partial charge on any atom is 0.411 e. The number of hydrogen-bond donors (Lipinski definition) is 4. The molecule has 0 fully saturated rings. The number of nitrogens with one attached hydrogen (secondary N) is 2. The summed E-state index contributed by atoms with van der Waals surface area (Å²) in [5, 5.41) is 24.9. The molecule has 14 heteroatoms. The predicted octanol–water partition coefficient (Wildman–Crippen LogP) is 7.50. The third-order valence-electron chi connectivity index (χ3n) is 8.39. The number of ketones is 1. The number of Topliss-reactive ketones (excluding diaryl/α,β-unsaturated/α-hetero) is 1. The van der Waals surface area contributed by atoms with Gasteiger partial charge in [0.15, 0.2) is 5.78 Å². The largest absolute Gasteiger partial charge is 0.481 e. The number of carboxylic acid groups (broad SMARTS) is 2. The number of hydrogen-bond acceptors (Lipinski definition) is 5. The van der Waals surface area contributed by atoms with Gasteiger partial charge in [-0.25, -0.2) is 4.79 Å². The molecule has 1 unspecified atom stereocenters. The molecular formula is C34H36F6N2O6. The van der Waals surface area contributed by atoms with Crippen LogP contribution in [0.2, 0.25) is 0 Å². The van der Waals surface area contributed by atoms with Gasteiger partial charge in [0.25, 0.3) is 5.91 Å². The first-order chi connectivity index (χ1) is 21.9. The van der Waals surface area contributed by atoms with Crippen molar-refractivity contribution in [2.24, 2.45) is 11.3 Å². The summed E-state index contributed by atoms with van der Waals surface area (Å²) < 4.78 is 90.1. The highest BCUT2D eigenvalue weighted by molar-refractivity contribution is 6.14. The van der Waals surface area contributed by atoms with Crippen LogP contribution < -0.4 is 10.6 Å². The molecule has 0 saturated heterocycles. The number of allylic oxidation sites excluding steroid dienone is 2. The highest BCUT2D eigenvalue weighted by Gasteiger charge is 2.72. The fraction of sp³-hybridized carbons (Fsp3) is 0.412. The number of aryl methyl sites for hydroxylation is 2. The summed E-state index contributed by atoms with van der Waals surface area (Å²) >= 11 is 0. The third-order valence-corrected chi connectivity index (χ3v) is 8.39. The van der Waals surface area contributed by atoms with Crippen LogP contribution in [0.5, 0.6) is 0 Å². The molecule has 1 atom stereocenters. The van der Waals surface area contributed by atoms with Gasteiger partial charge in [-0.2, -0.15) is 26.3 Å². The first-order valence-corrected chi connectivity index (χ1v) is 14.8. The second-order valence-electron chi connectivity index (χ2n) is 12.6. The fourth-order valence-corrected chi connectivity index (χ4v) is 5.65. The Balaban J connectivity index is 2.30. The molecule has 0 radical (unpaired) electrons. The van der Waals surface area contributed by atoms with Crippen molar-refractivity contribution < 1.29 is 55.7 Å². The van der Waals surface area contributed by atoms with E-state index in [0.29, 0.717) is 17.7 Å². The molecule has 0 saturated carbocycles. The summed E-state index contributed by atoms with van der Waals surface area (Å²) in [6.07, 6.45) is -11.9. The number of alkyl halides is 6. The van der Waals surface area contributed by atoms with E-state index in [1.807, 2.05) is 0 Å². The van der Waals surface area contributed by atoms with Gasteiger partial charge in [-0.1, -0.05) is 38.1 Å². The number of carbonyl (C=O) groups is 4. The van der Waals surface area contributed by atoms with Gasteiger partial charge in [0, 0.05) is 46.5 Å². The minimum absolute atomic E-state index is 0.0325. The van der Waals surface area contributed by atoms with E-state index in [9.17, 15) is 29.4 Å². The minimum Gasteiger partial charge on any atom is -0.481 e. The van der Waals surface area contributed by atoms with E-state index in [1.165, 1.54) is 27.7 Å². The quantitative estimate of drug-likeness (QED) is 0.191. The maximum atomic E-state index is 15.0. The molecule has 260 valence electrons. The van der Waals surface area contributed by atoms with Gasteiger partial charge >= 0.3 is 24.3 Å². The summed E-state index contributed by atoms with van der Waals surface area (Å²) in [5.41, 5.74) is -10.8. The molecule has 2 aromatic rings. The van der Waals surface area contributed by atoms with E-state index < -0.39 is 92.7 Å². The average Bonchev–Trinajstić information content (AvgIpc) is 2.94. The molecule has 8 nitrogen and oxygen atoms in total. The molecule has 1 aliphatic rings. The molecule has 0 aromatic heterocycles. The van der Waals surface area contributed by atoms with Crippen molar-refractivity contribution >= 4 is 35.0 Å². The van der Waals surface area contributed by atoms with Gasteiger partial charge in [-0.3, -0.25) is 14.4 Å². The molecule has 0 spiro atoms. The lowest BCUT2D eigenvalue weighted by Gasteiger charge is -2.39. The predicted molar refractivity (Wildman–Crippen MR) is 166 cm³/mol. The van der Waals surface area contributed by atoms with Gasteiger partial charge in [-0.15, -0.1) is 0 Å². The lowest BCUT2D eigenvalue weighted by atomic mass is 9.70. The zero-order chi connectivity index (χ0) is 36.7. The van der Waals surface area contributed by atoms with Crippen molar-refractivity contribution in [3.63, 3.8) is 0 Å². The molecular weight excluding hydrogens is 646 g/mol. The summed E-state index contributed by atoms with van der Waals surface area (Å²) in [4.78, 5) is 51.0. The van der Waals surface area contributed by atoms with Gasteiger partial charge in [-0.05, 0) is 75.1 Å². The summed E-state index contributed by atoms with van der Waals surface area (Å²) in [5.74, 6) is -5.99. The average molecular weight is 683 g/mol. The Morgan fingerprint density at radius 2 is 1.29 bits per heavy atom. The monoisotopic (exact) mass is 682 g/mol. The van der Waals surface area contributed by atoms with Gasteiger partial charge in [0.1, 0.15) is 0 Å². The van der Waals surface area contributed by atoms with Gasteiger partial charge in [0.2, 0.25) is 5.41 Å². The van der Waals surface area contributed by atoms with Crippen LogP contribution in [0.15, 0.2) is 59.2 Å². The molecule has 48 heavy (non-hydrogen) atoms. The molecule has 3 rings (SSSR count). The normalized spacial score (nSPS) is 17.4. The number of amides is 1. The summed E-state index contributed by atoms with van der Waals surface area (Å²) in [6.45, 7) is 10.1. The number of halogens is 6. The number of benzene rings is 2. The van der Waals surface area contributed by atoms with Crippen LogP contribution in [-0.2, 0) is 24.6 Å². The van der Waals surface area contributed by atoms with E-state index in [2.05, 4.69) is 10.6 Å². The number of carboxylic acids is 2. The van der Waals surface area contributed by atoms with Crippen LogP contribution in [0.1, 0.15) is 63.3 Å². The Bertz CT molecular complexity index is 1710. The Labute approximate surface area is 272 Å². The van der Waals surface area contributed by atoms with E-state index >= 15 is 26.3 Å². The van der Waals surface area contributed by atoms with Crippen molar-refractivity contribution in [1.29, 1.82) is 0 Å². The van der Waals surface area contributed by atoms with E-state index in [0.717, 1.165) is 37.3 Å². The number of carbonyl (C=O) groups excluding carboxylic acids is 2. The highest BCUT2D eigenvalue weighted by Crippen LogP contribution is 2.57. The van der Waals surface area contributed by atoms with Crippen molar-refractivity contribution in [2.45, 2.75) is 78.7 Å². The zero-order valence-electron chi connectivity index (χ0n) is 27.2. The van der Waals surface area contributed by atoms with Gasteiger partial charge in [0.05, 0.1) is 5.41 Å². The van der Waals surface area contributed by atoms with Crippen molar-refractivity contribution in [3.05, 3.63) is 81.4 Å². The van der Waals surface area contributed by atoms with Crippen LogP contribution >= 0.6 is 0 Å². The van der Waals surface area contributed by atoms with E-state index in [1.54, 1.807) is 13.8 Å². The van der Waals surface area contributed by atoms with Gasteiger partial charge < -0.3 is 20.8 Å². The van der Waals surface area contributed by atoms with Crippen LogP contribution in [0.25, 0.3) is 0 Å². The SMILES string of the molecule is Cc1ccc(C(c2ccc(C)c(NC(C)C)c2)(C(F)(F)F)C(F)(F)F)cc1NC(=O)C1=CC(C(=O)C(C)C)=C(C(=O)O)CC1(C)C(=O)O. The summed E-state index contributed by atoms with van der Waals surface area (Å²) in [6, 6.07) is 4.49. The van der Waals surface area contributed by atoms with Crippen LogP contribution in [0.3, 0.4) is 0 Å². The topological polar surface area (TPSA) is 133 Å². The van der Waals surface area contributed by atoms with Crippen molar-refractivity contribution in [3.8, 4) is 0 Å². The number of rotatable bonds is 10. The number of aliphatic carboxylic acids is 2. The lowest BCUT2D eigenvalue weighted by molar-refractivity contribution is -0.288. The van der Waals surface area contributed by atoms with Crippen molar-refractivity contribution in [2.75, 3.05) is 10.6 Å². The second kappa shape index (κ2) is 13.1. The van der Waals surface area contributed by atoms with E-state index in [4.69, 9.17) is 0 Å². The Hall–Kier alpha value is -4.62. The highest BCUT2D eigenvalue weighted by atomic mass is 19.4. The molecule has 0 bridgehead atoms. The Morgan fingerprint density at radius 1 is 0.812 bits per heavy atom. The first-order valence-electron chi connectivity index (χ1n) is 14.8. The van der Waals surface area contributed by atoms with Crippen molar-refractivity contribution in [1.82, 2.24) is 0 Å². The summed E-state index contributed by atoms with van der Waals surface area (Å²) in [7, 11) is 0. The van der Waals surface area contributed by atoms with Crippen LogP contribution in [0.4, 0.5) is 37.7 Å². The smallest absolute Gasteiger partial charge is 0.411 e. The first kappa shape index (κ1) is 37.8. The lowest BCUT2D eigenvalue weighted by Crippen LogP contribution is -2.54. The third kappa shape index (κ3) is 6.70. The Morgan fingerprint density at radius 3 is 1.71 bits per heavy atom. The van der Waals surface area contributed by atoms with Crippen LogP contribution in [0, 0.1) is 25.2 Å². The van der Waals surface area contributed by atoms with Crippen LogP contribution in [-0.4, -0.2) is 52.2 Å². The molecule has 0 aliphatic heterocycles. The molecule has 4 N–H and O–H groups in total. The molecule has 1 amide bonds. The Kier molecular flexibility index (Phi) is 10.3. The second-order valence-corrected chi connectivity index (χ2v) is 12.6. The standard InChI is InChI=1S/C34H36F6N2O6/c1-16(2)27(43)22-14-24(31(7,30(47)48)15-23(22)29(45)46)28(44)42-26-13-21(11-9-19(26)6)32(33(35,36)37,34(38,39)40)20-10-8-18(5)25(12-20)41-17(3)4/h8-14,16-17,41H,15H2,1-7H3,(H,42,44)(H,45,46)(H,47,48).